The lowest BCUT2D eigenvalue weighted by Gasteiger charge is -2.45. The number of carbonyl (C=O) groups is 3. The number of nitrogens with one attached hydrogen (secondary N) is 1. The molecule has 1 saturated carbocycles. The molecule has 2 aliphatic carbocycles. The fourth-order valence-corrected chi connectivity index (χ4v) is 5.92. The number of benzene rings is 1. The highest BCUT2D eigenvalue weighted by atomic mass is 127. The van der Waals surface area contributed by atoms with Crippen LogP contribution < -0.4 is 14.8 Å². The minimum atomic E-state index is -1.09. The molecule has 0 heterocycles. The highest BCUT2D eigenvalue weighted by Crippen LogP contribution is 2.38. The van der Waals surface area contributed by atoms with Crippen molar-refractivity contribution < 1.29 is 34.1 Å². The maximum absolute atomic E-state index is 13.4. The molecule has 3 N–H and O–H groups in total. The first-order valence-corrected chi connectivity index (χ1v) is 14.0. The molecule has 2 amide bonds. The zero-order chi connectivity index (χ0) is 26.9. The van der Waals surface area contributed by atoms with E-state index in [0.717, 1.165) is 32.1 Å². The summed E-state index contributed by atoms with van der Waals surface area (Å²) in [6.45, 7) is 1.84. The van der Waals surface area contributed by atoms with Crippen molar-refractivity contribution in [1.82, 2.24) is 10.2 Å². The average molecular weight is 629 g/mol. The normalized spacial score (nSPS) is 22.1. The molecular weight excluding hydrogens is 591 g/mol. The summed E-state index contributed by atoms with van der Waals surface area (Å²) >= 11 is 2.04. The molecule has 1 aromatic rings. The topological polar surface area (TPSA) is 125 Å². The van der Waals surface area contributed by atoms with Crippen LogP contribution in [0.1, 0.15) is 68.6 Å². The van der Waals surface area contributed by atoms with Crippen LogP contribution in [0, 0.1) is 3.57 Å². The molecule has 3 rings (SSSR count). The van der Waals surface area contributed by atoms with E-state index in [1.165, 1.54) is 7.11 Å². The van der Waals surface area contributed by atoms with Crippen LogP contribution in [-0.2, 0) is 9.59 Å². The van der Waals surface area contributed by atoms with Crippen LogP contribution in [-0.4, -0.2) is 77.8 Å². The van der Waals surface area contributed by atoms with Crippen molar-refractivity contribution in [2.75, 3.05) is 20.3 Å². The third-order valence-electron chi connectivity index (χ3n) is 6.93. The highest BCUT2D eigenvalue weighted by molar-refractivity contribution is 14.1. The van der Waals surface area contributed by atoms with Gasteiger partial charge in [0.05, 0.1) is 23.3 Å². The number of hydrogen-bond acceptors (Lipinski definition) is 7. The predicted octanol–water partition coefficient (Wildman–Crippen LogP) is 2.99. The number of hydrogen-bond donors (Lipinski definition) is 3. The summed E-state index contributed by atoms with van der Waals surface area (Å²) in [5.74, 6) is 0.267. The fraction of sp³-hybridized carbons (Fsp3) is 0.593. The molecule has 3 atom stereocenters. The summed E-state index contributed by atoms with van der Waals surface area (Å²) in [6, 6.07) is 2.55. The van der Waals surface area contributed by atoms with Crippen LogP contribution in [0.5, 0.6) is 11.5 Å². The van der Waals surface area contributed by atoms with Crippen molar-refractivity contribution in [3.8, 4) is 11.5 Å². The fourth-order valence-electron chi connectivity index (χ4n) is 5.17. The van der Waals surface area contributed by atoms with Crippen LogP contribution in [0.4, 0.5) is 0 Å². The first kappa shape index (κ1) is 29.4. The van der Waals surface area contributed by atoms with E-state index < -0.39 is 18.2 Å². The molecule has 0 spiro atoms. The Morgan fingerprint density at radius 1 is 1.24 bits per heavy atom. The van der Waals surface area contributed by atoms with E-state index in [1.807, 2.05) is 34.4 Å². The summed E-state index contributed by atoms with van der Waals surface area (Å²) in [5.41, 5.74) is 0.807. The Kier molecular flexibility index (Phi) is 11.2. The summed E-state index contributed by atoms with van der Waals surface area (Å²) in [4.78, 5) is 39.5. The molecule has 37 heavy (non-hydrogen) atoms. The average Bonchev–Trinajstić information content (AvgIpc) is 2.90. The zero-order valence-corrected chi connectivity index (χ0v) is 23.6. The van der Waals surface area contributed by atoms with Gasteiger partial charge in [0.2, 0.25) is 11.8 Å². The second kappa shape index (κ2) is 14.1. The Bertz CT molecular complexity index is 993. The van der Waals surface area contributed by atoms with Crippen LogP contribution in [0.2, 0.25) is 0 Å². The number of ether oxygens (including phenoxy) is 2. The lowest BCUT2D eigenvalue weighted by molar-refractivity contribution is -0.143. The van der Waals surface area contributed by atoms with Crippen molar-refractivity contribution in [2.24, 2.45) is 0 Å². The van der Waals surface area contributed by atoms with Gasteiger partial charge in [-0.05, 0) is 60.1 Å². The molecule has 9 nitrogen and oxygen atoms in total. The Balaban J connectivity index is 2.01. The van der Waals surface area contributed by atoms with E-state index >= 15 is 0 Å². The minimum Gasteiger partial charge on any atom is -0.493 e. The summed E-state index contributed by atoms with van der Waals surface area (Å²) in [6.07, 6.45) is 6.36. The van der Waals surface area contributed by atoms with Crippen molar-refractivity contribution in [2.45, 2.75) is 82.6 Å². The van der Waals surface area contributed by atoms with Crippen molar-refractivity contribution in [1.29, 1.82) is 0 Å². The first-order chi connectivity index (χ1) is 17.8. The van der Waals surface area contributed by atoms with Gasteiger partial charge in [-0.1, -0.05) is 26.2 Å². The summed E-state index contributed by atoms with van der Waals surface area (Å²) in [5, 5.41) is 23.5. The highest BCUT2D eigenvalue weighted by Gasteiger charge is 2.43. The van der Waals surface area contributed by atoms with E-state index in [9.17, 15) is 24.6 Å². The van der Waals surface area contributed by atoms with Crippen LogP contribution in [0.25, 0.3) is 0 Å². The largest absolute Gasteiger partial charge is 0.493 e. The second-order valence-corrected chi connectivity index (χ2v) is 10.7. The van der Waals surface area contributed by atoms with Gasteiger partial charge in [0.25, 0.3) is 0 Å². The number of amides is 2. The van der Waals surface area contributed by atoms with Crippen molar-refractivity contribution in [3.63, 3.8) is 0 Å². The van der Waals surface area contributed by atoms with Gasteiger partial charge < -0.3 is 29.9 Å². The third kappa shape index (κ3) is 7.23. The van der Waals surface area contributed by atoms with Gasteiger partial charge in [-0.15, -0.1) is 0 Å². The molecule has 0 saturated heterocycles. The van der Waals surface area contributed by atoms with Crippen molar-refractivity contribution >= 4 is 40.7 Å². The van der Waals surface area contributed by atoms with E-state index in [2.05, 4.69) is 5.32 Å². The van der Waals surface area contributed by atoms with Gasteiger partial charge >= 0.3 is 0 Å². The molecule has 0 radical (unpaired) electrons. The molecule has 2 aliphatic rings. The predicted molar refractivity (Wildman–Crippen MR) is 147 cm³/mol. The molecular formula is C27H37IN2O7. The maximum atomic E-state index is 13.4. The number of aliphatic hydroxyl groups is 2. The maximum Gasteiger partial charge on any atom is 0.247 e. The number of carbonyl (C=O) groups excluding carboxylic acids is 3. The number of nitrogens with zero attached hydrogens (tertiary/aromatic N) is 1. The van der Waals surface area contributed by atoms with Gasteiger partial charge in [-0.25, -0.2) is 0 Å². The van der Waals surface area contributed by atoms with Gasteiger partial charge in [0.1, 0.15) is 18.5 Å². The van der Waals surface area contributed by atoms with Gasteiger partial charge in [-0.3, -0.25) is 14.4 Å². The molecule has 1 fully saturated rings. The first-order valence-electron chi connectivity index (χ1n) is 12.9. The molecule has 204 valence electrons. The quantitative estimate of drug-likeness (QED) is 0.254. The molecule has 0 aromatic heterocycles. The molecule has 0 unspecified atom stereocenters. The smallest absolute Gasteiger partial charge is 0.247 e. The summed E-state index contributed by atoms with van der Waals surface area (Å²) in [7, 11) is 1.46. The van der Waals surface area contributed by atoms with E-state index in [0.29, 0.717) is 45.3 Å². The number of aldehydes is 1. The summed E-state index contributed by atoms with van der Waals surface area (Å²) < 4.78 is 12.3. The molecule has 1 aromatic carbocycles. The van der Waals surface area contributed by atoms with E-state index in [4.69, 9.17) is 9.47 Å². The number of halogens is 1. The Morgan fingerprint density at radius 3 is 2.59 bits per heavy atom. The standard InChI is InChI=1S/C27H37IN2O7/c1-3-7-24(33)30(19-8-5-4-6-9-19)21-14-18(27(35)29-10-11-31)15-22(25(21)34)37-26-20(28)12-17(16-32)13-23(26)36-2/h12-13,15-16,19,21-22,25,31,34H,3-11,14H2,1-2H3,(H,29,35)/t21-,22+,25+/m1/s1. The molecule has 10 heteroatoms. The number of rotatable bonds is 11. The lowest BCUT2D eigenvalue weighted by atomic mass is 9.85. The molecule has 0 aliphatic heterocycles. The van der Waals surface area contributed by atoms with Gasteiger partial charge in [0, 0.05) is 36.6 Å². The number of aliphatic hydroxyl groups excluding tert-OH is 2. The Morgan fingerprint density at radius 2 is 1.97 bits per heavy atom. The van der Waals surface area contributed by atoms with E-state index in [-0.39, 0.29) is 37.4 Å². The monoisotopic (exact) mass is 628 g/mol. The van der Waals surface area contributed by atoms with Gasteiger partial charge in [0.15, 0.2) is 11.5 Å². The molecule has 0 bridgehead atoms. The van der Waals surface area contributed by atoms with Crippen LogP contribution in [0.15, 0.2) is 23.8 Å². The minimum absolute atomic E-state index is 0.00509. The Labute approximate surface area is 231 Å². The number of methoxy groups -OCH3 is 1. The van der Waals surface area contributed by atoms with Crippen LogP contribution >= 0.6 is 22.6 Å². The second-order valence-electron chi connectivity index (χ2n) is 9.51. The van der Waals surface area contributed by atoms with Crippen molar-refractivity contribution in [3.05, 3.63) is 32.9 Å². The third-order valence-corrected chi connectivity index (χ3v) is 7.73. The SMILES string of the molecule is CCCC(=O)N(C1CCCCC1)[C@@H]1CC(C(=O)NCCO)=C[C@H](Oc2c(I)cc(C=O)cc2OC)[C@H]1O. The Hall–Kier alpha value is -2.18. The lowest BCUT2D eigenvalue weighted by Crippen LogP contribution is -2.58. The van der Waals surface area contributed by atoms with Gasteiger partial charge in [-0.2, -0.15) is 0 Å². The van der Waals surface area contributed by atoms with E-state index in [1.54, 1.807) is 18.2 Å². The van der Waals surface area contributed by atoms with Crippen LogP contribution in [0.3, 0.4) is 0 Å². The zero-order valence-electron chi connectivity index (χ0n) is 21.5.